The predicted molar refractivity (Wildman–Crippen MR) is 63.4 cm³/mol. The number of rotatable bonds is 5. The van der Waals surface area contributed by atoms with Gasteiger partial charge in [-0.1, -0.05) is 19.1 Å². The van der Waals surface area contributed by atoms with Gasteiger partial charge in [-0.05, 0) is 25.5 Å². The molecule has 0 saturated heterocycles. The summed E-state index contributed by atoms with van der Waals surface area (Å²) >= 11 is 0. The maximum Gasteiger partial charge on any atom is 0.277 e. The van der Waals surface area contributed by atoms with Crippen molar-refractivity contribution < 1.29 is 13.9 Å². The third-order valence-corrected chi connectivity index (χ3v) is 2.08. The molecular formula is C12H15FN2O2. The lowest BCUT2D eigenvalue weighted by Crippen LogP contribution is -2.25. The summed E-state index contributed by atoms with van der Waals surface area (Å²) in [6.07, 6.45) is 0.758. The van der Waals surface area contributed by atoms with Crippen LogP contribution in [0, 0.1) is 5.82 Å². The van der Waals surface area contributed by atoms with Gasteiger partial charge in [0.2, 0.25) is 0 Å². The molecule has 1 amide bonds. The van der Waals surface area contributed by atoms with Gasteiger partial charge < -0.3 is 4.74 Å². The zero-order chi connectivity index (χ0) is 12.7. The van der Waals surface area contributed by atoms with Crippen molar-refractivity contribution >= 4 is 11.6 Å². The molecule has 0 aliphatic rings. The van der Waals surface area contributed by atoms with Crippen LogP contribution in [-0.4, -0.2) is 18.2 Å². The van der Waals surface area contributed by atoms with Crippen molar-refractivity contribution in [2.75, 3.05) is 6.61 Å². The second-order valence-electron chi connectivity index (χ2n) is 3.45. The van der Waals surface area contributed by atoms with Gasteiger partial charge in [0.05, 0.1) is 0 Å². The molecule has 0 aromatic heterocycles. The molecule has 17 heavy (non-hydrogen) atoms. The summed E-state index contributed by atoms with van der Waals surface area (Å²) < 4.78 is 18.1. The third kappa shape index (κ3) is 4.63. The number of carbonyl (C=O) groups excluding carboxylic acids is 1. The number of carbonyl (C=O) groups is 1. The van der Waals surface area contributed by atoms with Gasteiger partial charge in [0.15, 0.2) is 18.2 Å². The van der Waals surface area contributed by atoms with Crippen molar-refractivity contribution in [2.24, 2.45) is 5.10 Å². The van der Waals surface area contributed by atoms with Gasteiger partial charge in [-0.3, -0.25) is 4.79 Å². The van der Waals surface area contributed by atoms with Crippen molar-refractivity contribution in [3.8, 4) is 5.75 Å². The number of ether oxygens (including phenoxy) is 1. The van der Waals surface area contributed by atoms with E-state index in [9.17, 15) is 9.18 Å². The molecular weight excluding hydrogens is 223 g/mol. The Kier molecular flexibility index (Phi) is 5.13. The Hall–Kier alpha value is -1.91. The molecule has 4 nitrogen and oxygen atoms in total. The van der Waals surface area contributed by atoms with Gasteiger partial charge in [-0.15, -0.1) is 0 Å². The van der Waals surface area contributed by atoms with E-state index in [0.29, 0.717) is 0 Å². The molecule has 0 atom stereocenters. The third-order valence-electron chi connectivity index (χ3n) is 2.08. The van der Waals surface area contributed by atoms with Crippen LogP contribution in [0.15, 0.2) is 29.4 Å². The lowest BCUT2D eigenvalue weighted by Gasteiger charge is -2.05. The average Bonchev–Trinajstić information content (AvgIpc) is 2.35. The second-order valence-corrected chi connectivity index (χ2v) is 3.45. The van der Waals surface area contributed by atoms with Gasteiger partial charge in [-0.2, -0.15) is 5.10 Å². The molecule has 0 spiro atoms. The minimum atomic E-state index is -0.492. The molecule has 1 aromatic carbocycles. The van der Waals surface area contributed by atoms with Crippen LogP contribution >= 0.6 is 0 Å². The number of hydrogen-bond acceptors (Lipinski definition) is 3. The van der Waals surface area contributed by atoms with Crippen LogP contribution in [0.25, 0.3) is 0 Å². The Bertz CT molecular complexity index is 419. The van der Waals surface area contributed by atoms with Crippen LogP contribution < -0.4 is 10.2 Å². The Morgan fingerprint density at radius 1 is 1.47 bits per heavy atom. The second kappa shape index (κ2) is 6.62. The van der Waals surface area contributed by atoms with Gasteiger partial charge >= 0.3 is 0 Å². The first-order valence-corrected chi connectivity index (χ1v) is 5.32. The Labute approximate surface area is 99.5 Å². The summed E-state index contributed by atoms with van der Waals surface area (Å²) in [5.74, 6) is -0.853. The Morgan fingerprint density at radius 2 is 2.18 bits per heavy atom. The first-order valence-electron chi connectivity index (χ1n) is 5.32. The lowest BCUT2D eigenvalue weighted by molar-refractivity contribution is -0.123. The monoisotopic (exact) mass is 238 g/mol. The lowest BCUT2D eigenvalue weighted by atomic mass is 10.3. The zero-order valence-electron chi connectivity index (χ0n) is 9.87. The molecule has 1 aromatic rings. The van der Waals surface area contributed by atoms with E-state index in [2.05, 4.69) is 10.5 Å². The quantitative estimate of drug-likeness (QED) is 0.631. The standard InChI is InChI=1S/C12H15FN2O2/c1-3-9(2)14-15-12(16)8-17-11-7-5-4-6-10(11)13/h4-7H,3,8H2,1-2H3,(H,15,16)/b14-9-. The van der Waals surface area contributed by atoms with Crippen LogP contribution in [0.4, 0.5) is 4.39 Å². The predicted octanol–water partition coefficient (Wildman–Crippen LogP) is 2.11. The molecule has 1 rings (SSSR count). The molecule has 0 heterocycles. The number of nitrogens with one attached hydrogen (secondary N) is 1. The smallest absolute Gasteiger partial charge is 0.277 e. The molecule has 0 unspecified atom stereocenters. The molecule has 5 heteroatoms. The number of amides is 1. The maximum atomic E-state index is 13.1. The number of halogens is 1. The summed E-state index contributed by atoms with van der Waals surface area (Å²) in [5, 5.41) is 3.82. The topological polar surface area (TPSA) is 50.7 Å². The van der Waals surface area contributed by atoms with E-state index in [1.165, 1.54) is 12.1 Å². The summed E-state index contributed by atoms with van der Waals surface area (Å²) in [4.78, 5) is 11.3. The fourth-order valence-corrected chi connectivity index (χ4v) is 0.974. The van der Waals surface area contributed by atoms with Crippen LogP contribution in [0.1, 0.15) is 20.3 Å². The Morgan fingerprint density at radius 3 is 2.82 bits per heavy atom. The first-order chi connectivity index (χ1) is 8.13. The molecule has 1 N–H and O–H groups in total. The van der Waals surface area contributed by atoms with Gasteiger partial charge in [-0.25, -0.2) is 9.82 Å². The first kappa shape index (κ1) is 13.2. The van der Waals surface area contributed by atoms with Crippen LogP contribution in [-0.2, 0) is 4.79 Å². The van der Waals surface area contributed by atoms with Gasteiger partial charge in [0.1, 0.15) is 0 Å². The molecule has 0 fully saturated rings. The highest BCUT2D eigenvalue weighted by Crippen LogP contribution is 2.14. The van der Waals surface area contributed by atoms with E-state index in [1.807, 2.05) is 6.92 Å². The average molecular weight is 238 g/mol. The highest BCUT2D eigenvalue weighted by Gasteiger charge is 2.05. The number of benzene rings is 1. The SMILES string of the molecule is CC/C(C)=N\NC(=O)COc1ccccc1F. The van der Waals surface area contributed by atoms with Crippen molar-refractivity contribution in [1.29, 1.82) is 0 Å². The fourth-order valence-electron chi connectivity index (χ4n) is 0.974. The highest BCUT2D eigenvalue weighted by atomic mass is 19.1. The van der Waals surface area contributed by atoms with Crippen LogP contribution in [0.5, 0.6) is 5.75 Å². The maximum absolute atomic E-state index is 13.1. The molecule has 0 aliphatic heterocycles. The summed E-state index contributed by atoms with van der Waals surface area (Å²) in [5.41, 5.74) is 3.13. The van der Waals surface area contributed by atoms with E-state index < -0.39 is 11.7 Å². The van der Waals surface area contributed by atoms with Crippen LogP contribution in [0.3, 0.4) is 0 Å². The number of nitrogens with zero attached hydrogens (tertiary/aromatic N) is 1. The zero-order valence-corrected chi connectivity index (χ0v) is 9.87. The van der Waals surface area contributed by atoms with E-state index in [-0.39, 0.29) is 12.4 Å². The molecule has 0 bridgehead atoms. The van der Waals surface area contributed by atoms with Gasteiger partial charge in [0, 0.05) is 5.71 Å². The minimum absolute atomic E-state index is 0.0545. The van der Waals surface area contributed by atoms with Crippen LogP contribution in [0.2, 0.25) is 0 Å². The summed E-state index contributed by atoms with van der Waals surface area (Å²) in [6.45, 7) is 3.47. The van der Waals surface area contributed by atoms with Crippen molar-refractivity contribution in [3.05, 3.63) is 30.1 Å². The van der Waals surface area contributed by atoms with E-state index >= 15 is 0 Å². The Balaban J connectivity index is 2.41. The van der Waals surface area contributed by atoms with Crippen molar-refractivity contribution in [1.82, 2.24) is 5.43 Å². The van der Waals surface area contributed by atoms with E-state index in [0.717, 1.165) is 12.1 Å². The van der Waals surface area contributed by atoms with Crippen molar-refractivity contribution in [2.45, 2.75) is 20.3 Å². The van der Waals surface area contributed by atoms with E-state index in [4.69, 9.17) is 4.74 Å². The van der Waals surface area contributed by atoms with Crippen molar-refractivity contribution in [3.63, 3.8) is 0 Å². The number of hydrogen-bond donors (Lipinski definition) is 1. The number of hydrazone groups is 1. The molecule has 0 radical (unpaired) electrons. The number of para-hydroxylation sites is 1. The summed E-state index contributed by atoms with van der Waals surface area (Å²) in [6, 6.07) is 5.92. The molecule has 0 saturated carbocycles. The normalized spacial score (nSPS) is 11.1. The minimum Gasteiger partial charge on any atom is -0.481 e. The molecule has 92 valence electrons. The van der Waals surface area contributed by atoms with E-state index in [1.54, 1.807) is 19.1 Å². The van der Waals surface area contributed by atoms with Gasteiger partial charge in [0.25, 0.3) is 5.91 Å². The summed E-state index contributed by atoms with van der Waals surface area (Å²) in [7, 11) is 0. The largest absolute Gasteiger partial charge is 0.481 e. The highest BCUT2D eigenvalue weighted by molar-refractivity contribution is 5.84. The fraction of sp³-hybridized carbons (Fsp3) is 0.333. The molecule has 0 aliphatic carbocycles.